The molecule has 6 rings (SSSR count). The molecule has 2 N–H and O–H groups in total. The van der Waals surface area contributed by atoms with Crippen molar-refractivity contribution in [1.82, 2.24) is 19.7 Å². The van der Waals surface area contributed by atoms with E-state index in [2.05, 4.69) is 26.2 Å². The van der Waals surface area contributed by atoms with E-state index in [0.717, 1.165) is 44.5 Å². The van der Waals surface area contributed by atoms with Crippen molar-refractivity contribution in [3.63, 3.8) is 0 Å². The van der Waals surface area contributed by atoms with Gasteiger partial charge in [-0.2, -0.15) is 0 Å². The molecule has 0 saturated heterocycles. The van der Waals surface area contributed by atoms with Gasteiger partial charge in [-0.1, -0.05) is 24.3 Å². The number of nitrogens with one attached hydrogen (secondary N) is 2. The Kier molecular flexibility index (Phi) is 7.15. The Labute approximate surface area is 239 Å². The predicted octanol–water partition coefficient (Wildman–Crippen LogP) is 4.31. The molecule has 2 atom stereocenters. The predicted molar refractivity (Wildman–Crippen MR) is 154 cm³/mol. The number of fused-ring (bicyclic) bond motifs is 2. The fourth-order valence-corrected chi connectivity index (χ4v) is 6.10. The Balaban J connectivity index is 1.09. The zero-order valence-corrected chi connectivity index (χ0v) is 23.5. The number of amides is 3. The van der Waals surface area contributed by atoms with E-state index >= 15 is 0 Å². The van der Waals surface area contributed by atoms with Gasteiger partial charge in [0.25, 0.3) is 11.8 Å². The minimum absolute atomic E-state index is 0.000409. The van der Waals surface area contributed by atoms with Gasteiger partial charge in [0.1, 0.15) is 11.9 Å². The minimum atomic E-state index is -1.02. The lowest BCUT2D eigenvalue weighted by atomic mass is 9.71. The fraction of sp³-hybridized carbons (Fsp3) is 0.406. The number of carbonyl (C=O) groups excluding carboxylic acids is 3. The van der Waals surface area contributed by atoms with Gasteiger partial charge in [0.05, 0.1) is 11.5 Å². The molecule has 2 aliphatic carbocycles. The number of hydrogen-bond donors (Lipinski definition) is 2. The van der Waals surface area contributed by atoms with Crippen LogP contribution in [0.3, 0.4) is 0 Å². The van der Waals surface area contributed by atoms with Crippen LogP contribution in [0.2, 0.25) is 0 Å². The molecule has 1 aliphatic heterocycles. The van der Waals surface area contributed by atoms with Gasteiger partial charge in [0.15, 0.2) is 0 Å². The number of nitrogens with zero attached hydrogens (tertiary/aromatic N) is 3. The van der Waals surface area contributed by atoms with Gasteiger partial charge in [0.2, 0.25) is 5.91 Å². The SMILES string of the molecule is CN(C)C(=O)c1ccc(CN2CCn3c(C(=O)NCc4ccc(NC(=O)[C@H]5C[C@H]5F)cc4)ccc3C23CCC3)cc1. The highest BCUT2D eigenvalue weighted by Crippen LogP contribution is 2.49. The third-order valence-electron chi connectivity index (χ3n) is 8.77. The van der Waals surface area contributed by atoms with Gasteiger partial charge < -0.3 is 20.1 Å². The topological polar surface area (TPSA) is 86.7 Å². The highest BCUT2D eigenvalue weighted by Gasteiger charge is 2.48. The van der Waals surface area contributed by atoms with Crippen LogP contribution in [0.1, 0.15) is 63.4 Å². The van der Waals surface area contributed by atoms with Crippen LogP contribution < -0.4 is 10.6 Å². The van der Waals surface area contributed by atoms with Gasteiger partial charge in [-0.05, 0) is 73.2 Å². The van der Waals surface area contributed by atoms with Crippen LogP contribution >= 0.6 is 0 Å². The molecule has 8 nitrogen and oxygen atoms in total. The number of halogens is 1. The van der Waals surface area contributed by atoms with Crippen molar-refractivity contribution in [2.24, 2.45) is 5.92 Å². The largest absolute Gasteiger partial charge is 0.347 e. The average Bonchev–Trinajstić information content (AvgIpc) is 3.53. The summed E-state index contributed by atoms with van der Waals surface area (Å²) in [5.41, 5.74) is 5.20. The molecule has 9 heteroatoms. The van der Waals surface area contributed by atoms with Crippen molar-refractivity contribution in [3.8, 4) is 0 Å². The molecule has 214 valence electrons. The highest BCUT2D eigenvalue weighted by atomic mass is 19.1. The molecular formula is C32H36FN5O3. The van der Waals surface area contributed by atoms with E-state index in [1.165, 1.54) is 11.3 Å². The van der Waals surface area contributed by atoms with Crippen molar-refractivity contribution in [1.29, 1.82) is 0 Å². The molecule has 2 heterocycles. The fourth-order valence-electron chi connectivity index (χ4n) is 6.10. The summed E-state index contributed by atoms with van der Waals surface area (Å²) in [5, 5.41) is 5.78. The molecule has 2 saturated carbocycles. The first kappa shape index (κ1) is 27.2. The van der Waals surface area contributed by atoms with E-state index in [9.17, 15) is 18.8 Å². The molecule has 41 heavy (non-hydrogen) atoms. The van der Waals surface area contributed by atoms with E-state index < -0.39 is 12.1 Å². The first-order valence-corrected chi connectivity index (χ1v) is 14.3. The van der Waals surface area contributed by atoms with Crippen molar-refractivity contribution in [3.05, 3.63) is 88.7 Å². The monoisotopic (exact) mass is 557 g/mol. The normalized spacial score (nSPS) is 20.6. The maximum Gasteiger partial charge on any atom is 0.268 e. The Hall–Kier alpha value is -3.98. The van der Waals surface area contributed by atoms with Gasteiger partial charge in [-0.15, -0.1) is 0 Å². The summed E-state index contributed by atoms with van der Waals surface area (Å²) in [6, 6.07) is 19.2. The van der Waals surface area contributed by atoms with Crippen LogP contribution in [0.15, 0.2) is 60.7 Å². The van der Waals surface area contributed by atoms with Crippen LogP contribution in [0.5, 0.6) is 0 Å². The maximum absolute atomic E-state index is 13.2. The smallest absolute Gasteiger partial charge is 0.268 e. The molecular weight excluding hydrogens is 521 g/mol. The maximum atomic E-state index is 13.2. The number of aromatic nitrogens is 1. The van der Waals surface area contributed by atoms with E-state index in [1.54, 1.807) is 31.1 Å². The summed E-state index contributed by atoms with van der Waals surface area (Å²) in [6.45, 7) is 2.75. The lowest BCUT2D eigenvalue weighted by Gasteiger charge is -2.53. The summed E-state index contributed by atoms with van der Waals surface area (Å²) in [5.74, 6) is -0.922. The summed E-state index contributed by atoms with van der Waals surface area (Å²) in [4.78, 5) is 41.6. The Bertz CT molecular complexity index is 1460. The Morgan fingerprint density at radius 1 is 0.951 bits per heavy atom. The quantitative estimate of drug-likeness (QED) is 0.432. The molecule has 0 bridgehead atoms. The molecule has 0 radical (unpaired) electrons. The van der Waals surface area contributed by atoms with Gasteiger partial charge in [-0.25, -0.2) is 4.39 Å². The van der Waals surface area contributed by atoms with Crippen LogP contribution in [0.4, 0.5) is 10.1 Å². The standard InChI is InChI=1S/C32H36FN5O3/c1-36(2)31(41)23-8-4-22(5-9-23)20-37-16-17-38-27(12-13-28(38)32(37)14-3-15-32)30(40)34-19-21-6-10-24(11-7-21)35-29(39)25-18-26(25)33/h4-13,25-26H,3,14-20H2,1-2H3,(H,34,40)(H,35,39)/t25-,26+/m0/s1. The van der Waals surface area contributed by atoms with Crippen LogP contribution in [0.25, 0.3) is 0 Å². The highest BCUT2D eigenvalue weighted by molar-refractivity contribution is 5.95. The van der Waals surface area contributed by atoms with E-state index in [-0.39, 0.29) is 23.3 Å². The van der Waals surface area contributed by atoms with Crippen molar-refractivity contribution < 1.29 is 18.8 Å². The zero-order chi connectivity index (χ0) is 28.7. The van der Waals surface area contributed by atoms with Gasteiger partial charge in [0, 0.05) is 57.2 Å². The molecule has 1 spiro atoms. The van der Waals surface area contributed by atoms with E-state index in [0.29, 0.717) is 29.9 Å². The first-order chi connectivity index (χ1) is 19.7. The Morgan fingerprint density at radius 3 is 2.24 bits per heavy atom. The first-order valence-electron chi connectivity index (χ1n) is 14.3. The minimum Gasteiger partial charge on any atom is -0.347 e. The van der Waals surface area contributed by atoms with Crippen LogP contribution in [-0.2, 0) is 30.0 Å². The second kappa shape index (κ2) is 10.8. The Morgan fingerprint density at radius 2 is 1.63 bits per heavy atom. The van der Waals surface area contributed by atoms with Crippen molar-refractivity contribution in [2.45, 2.75) is 57.0 Å². The van der Waals surface area contributed by atoms with Crippen LogP contribution in [-0.4, -0.2) is 58.9 Å². The van der Waals surface area contributed by atoms with Gasteiger partial charge in [-0.3, -0.25) is 19.3 Å². The van der Waals surface area contributed by atoms with Gasteiger partial charge >= 0.3 is 0 Å². The molecule has 3 aliphatic rings. The number of anilines is 1. The molecule has 2 aromatic carbocycles. The summed E-state index contributed by atoms with van der Waals surface area (Å²) in [6.07, 6.45) is 2.55. The summed E-state index contributed by atoms with van der Waals surface area (Å²) in [7, 11) is 3.52. The summed E-state index contributed by atoms with van der Waals surface area (Å²) >= 11 is 0. The lowest BCUT2D eigenvalue weighted by molar-refractivity contribution is -0.117. The average molecular weight is 558 g/mol. The second-order valence-corrected chi connectivity index (χ2v) is 11.7. The second-order valence-electron chi connectivity index (χ2n) is 11.7. The third kappa shape index (κ3) is 5.26. The third-order valence-corrected chi connectivity index (χ3v) is 8.77. The lowest BCUT2D eigenvalue weighted by Crippen LogP contribution is -2.56. The number of alkyl halides is 1. The van der Waals surface area contributed by atoms with Crippen LogP contribution in [0, 0.1) is 5.92 Å². The molecule has 0 unspecified atom stereocenters. The number of carbonyl (C=O) groups is 3. The zero-order valence-electron chi connectivity index (χ0n) is 23.5. The number of benzene rings is 2. The number of hydrogen-bond acceptors (Lipinski definition) is 4. The van der Waals surface area contributed by atoms with E-state index in [4.69, 9.17) is 0 Å². The summed E-state index contributed by atoms with van der Waals surface area (Å²) < 4.78 is 15.3. The van der Waals surface area contributed by atoms with Crippen molar-refractivity contribution >= 4 is 23.4 Å². The number of rotatable bonds is 8. The molecule has 3 amide bonds. The molecule has 2 fully saturated rings. The molecule has 1 aromatic heterocycles. The van der Waals surface area contributed by atoms with Crippen molar-refractivity contribution in [2.75, 3.05) is 26.0 Å². The molecule has 3 aromatic rings. The van der Waals surface area contributed by atoms with E-state index in [1.807, 2.05) is 42.5 Å².